The van der Waals surface area contributed by atoms with E-state index in [9.17, 15) is 9.90 Å². The molecule has 0 saturated carbocycles. The van der Waals surface area contributed by atoms with Gasteiger partial charge in [-0.15, -0.1) is 0 Å². The van der Waals surface area contributed by atoms with E-state index >= 15 is 0 Å². The smallest absolute Gasteiger partial charge is 0.326 e. The Bertz CT molecular complexity index is 632. The van der Waals surface area contributed by atoms with E-state index in [1.807, 2.05) is 36.4 Å². The third-order valence-electron chi connectivity index (χ3n) is 2.96. The van der Waals surface area contributed by atoms with Crippen molar-refractivity contribution in [2.75, 3.05) is 5.32 Å². The van der Waals surface area contributed by atoms with Crippen LogP contribution in [0, 0.1) is 11.3 Å². The number of nitriles is 1. The van der Waals surface area contributed by atoms with Gasteiger partial charge in [0.05, 0.1) is 11.3 Å². The predicted molar refractivity (Wildman–Crippen MR) is 76.3 cm³/mol. The van der Waals surface area contributed by atoms with E-state index in [0.717, 1.165) is 5.56 Å². The van der Waals surface area contributed by atoms with E-state index in [0.29, 0.717) is 17.7 Å². The highest BCUT2D eigenvalue weighted by Crippen LogP contribution is 2.16. The number of nitrogens with zero attached hydrogens (tertiary/aromatic N) is 1. The zero-order chi connectivity index (χ0) is 14.4. The van der Waals surface area contributed by atoms with Crippen LogP contribution in [0.25, 0.3) is 0 Å². The SMILES string of the molecule is N#Cc1ccccc1N[C@@H](Cc1ccccc1)C(=O)O. The minimum absolute atomic E-state index is 0.357. The summed E-state index contributed by atoms with van der Waals surface area (Å²) < 4.78 is 0. The molecule has 0 aliphatic carbocycles. The summed E-state index contributed by atoms with van der Waals surface area (Å²) in [5.74, 6) is -0.943. The summed E-state index contributed by atoms with van der Waals surface area (Å²) in [6.45, 7) is 0. The number of carboxylic acid groups (broad SMARTS) is 1. The van der Waals surface area contributed by atoms with Crippen molar-refractivity contribution >= 4 is 11.7 Å². The Balaban J connectivity index is 2.18. The van der Waals surface area contributed by atoms with Crippen LogP contribution in [0.3, 0.4) is 0 Å². The van der Waals surface area contributed by atoms with Gasteiger partial charge in [0.15, 0.2) is 0 Å². The van der Waals surface area contributed by atoms with Crippen molar-refractivity contribution in [3.63, 3.8) is 0 Å². The maximum absolute atomic E-state index is 11.4. The summed E-state index contributed by atoms with van der Waals surface area (Å²) in [5.41, 5.74) is 1.91. The molecule has 0 fully saturated rings. The number of anilines is 1. The zero-order valence-electron chi connectivity index (χ0n) is 10.8. The highest BCUT2D eigenvalue weighted by atomic mass is 16.4. The lowest BCUT2D eigenvalue weighted by atomic mass is 10.1. The van der Waals surface area contributed by atoms with Gasteiger partial charge >= 0.3 is 5.97 Å². The van der Waals surface area contributed by atoms with Gasteiger partial charge in [-0.3, -0.25) is 0 Å². The van der Waals surface area contributed by atoms with Gasteiger partial charge in [0.1, 0.15) is 12.1 Å². The molecule has 0 aliphatic heterocycles. The molecule has 0 unspecified atom stereocenters. The summed E-state index contributed by atoms with van der Waals surface area (Å²) in [4.78, 5) is 11.4. The number of benzene rings is 2. The van der Waals surface area contributed by atoms with Crippen LogP contribution in [0.15, 0.2) is 54.6 Å². The van der Waals surface area contributed by atoms with Crippen molar-refractivity contribution in [3.05, 3.63) is 65.7 Å². The molecule has 0 aliphatic rings. The fourth-order valence-electron chi connectivity index (χ4n) is 1.94. The van der Waals surface area contributed by atoms with E-state index < -0.39 is 12.0 Å². The Morgan fingerprint density at radius 2 is 1.80 bits per heavy atom. The van der Waals surface area contributed by atoms with Crippen LogP contribution >= 0.6 is 0 Å². The van der Waals surface area contributed by atoms with E-state index in [-0.39, 0.29) is 0 Å². The first-order valence-electron chi connectivity index (χ1n) is 6.23. The molecule has 0 aromatic heterocycles. The molecule has 100 valence electrons. The lowest BCUT2D eigenvalue weighted by Crippen LogP contribution is -2.31. The second-order valence-corrected chi connectivity index (χ2v) is 4.38. The van der Waals surface area contributed by atoms with Crippen molar-refractivity contribution in [2.45, 2.75) is 12.5 Å². The minimum atomic E-state index is -0.943. The number of rotatable bonds is 5. The molecule has 4 nitrogen and oxygen atoms in total. The maximum Gasteiger partial charge on any atom is 0.326 e. The first-order chi connectivity index (χ1) is 9.70. The Labute approximate surface area is 117 Å². The van der Waals surface area contributed by atoms with Crippen LogP contribution in [-0.2, 0) is 11.2 Å². The second-order valence-electron chi connectivity index (χ2n) is 4.38. The Morgan fingerprint density at radius 3 is 2.45 bits per heavy atom. The Hall–Kier alpha value is -2.80. The van der Waals surface area contributed by atoms with E-state index in [1.54, 1.807) is 24.3 Å². The number of para-hydroxylation sites is 1. The van der Waals surface area contributed by atoms with Crippen LogP contribution < -0.4 is 5.32 Å². The molecule has 0 spiro atoms. The fourth-order valence-corrected chi connectivity index (χ4v) is 1.94. The molecule has 0 radical (unpaired) electrons. The number of carbonyl (C=O) groups is 1. The standard InChI is InChI=1S/C16H14N2O2/c17-11-13-8-4-5-9-14(13)18-15(16(19)20)10-12-6-2-1-3-7-12/h1-9,15,18H,10H2,(H,19,20)/t15-/m0/s1. The average Bonchev–Trinajstić information content (AvgIpc) is 2.48. The van der Waals surface area contributed by atoms with Crippen molar-refractivity contribution in [2.24, 2.45) is 0 Å². The van der Waals surface area contributed by atoms with Crippen LogP contribution in [0.5, 0.6) is 0 Å². The van der Waals surface area contributed by atoms with Gasteiger partial charge in [-0.2, -0.15) is 5.26 Å². The largest absolute Gasteiger partial charge is 0.480 e. The third-order valence-corrected chi connectivity index (χ3v) is 2.96. The first-order valence-corrected chi connectivity index (χ1v) is 6.23. The van der Waals surface area contributed by atoms with Crippen LogP contribution in [-0.4, -0.2) is 17.1 Å². The molecule has 2 rings (SSSR count). The van der Waals surface area contributed by atoms with E-state index in [4.69, 9.17) is 5.26 Å². The van der Waals surface area contributed by atoms with Gasteiger partial charge in [-0.1, -0.05) is 42.5 Å². The summed E-state index contributed by atoms with van der Waals surface area (Å²) in [7, 11) is 0. The number of nitrogens with one attached hydrogen (secondary N) is 1. The minimum Gasteiger partial charge on any atom is -0.480 e. The van der Waals surface area contributed by atoms with E-state index in [2.05, 4.69) is 5.32 Å². The van der Waals surface area contributed by atoms with Crippen LogP contribution in [0.1, 0.15) is 11.1 Å². The highest BCUT2D eigenvalue weighted by molar-refractivity contribution is 5.78. The van der Waals surface area contributed by atoms with Gasteiger partial charge < -0.3 is 10.4 Å². The third kappa shape index (κ3) is 3.36. The summed E-state index contributed by atoms with van der Waals surface area (Å²) in [5, 5.41) is 21.3. The molecular formula is C16H14N2O2. The predicted octanol–water partition coefficient (Wildman–Crippen LogP) is 2.67. The molecule has 4 heteroatoms. The quantitative estimate of drug-likeness (QED) is 0.872. The maximum atomic E-state index is 11.4. The topological polar surface area (TPSA) is 73.1 Å². The molecule has 0 saturated heterocycles. The van der Waals surface area contributed by atoms with Crippen molar-refractivity contribution in [3.8, 4) is 6.07 Å². The molecule has 2 aromatic carbocycles. The van der Waals surface area contributed by atoms with Crippen LogP contribution in [0.2, 0.25) is 0 Å². The van der Waals surface area contributed by atoms with Gasteiger partial charge in [0.2, 0.25) is 0 Å². The van der Waals surface area contributed by atoms with Gasteiger partial charge in [0, 0.05) is 6.42 Å². The number of carboxylic acids is 1. The second kappa shape index (κ2) is 6.39. The van der Waals surface area contributed by atoms with Gasteiger partial charge in [-0.25, -0.2) is 4.79 Å². The molecule has 2 N–H and O–H groups in total. The van der Waals surface area contributed by atoms with Crippen LogP contribution in [0.4, 0.5) is 5.69 Å². The summed E-state index contributed by atoms with van der Waals surface area (Å²) in [6, 6.07) is 17.6. The number of hydrogen-bond acceptors (Lipinski definition) is 3. The van der Waals surface area contributed by atoms with Crippen molar-refractivity contribution in [1.82, 2.24) is 0 Å². The van der Waals surface area contributed by atoms with Crippen molar-refractivity contribution in [1.29, 1.82) is 5.26 Å². The molecule has 0 heterocycles. The average molecular weight is 266 g/mol. The van der Waals surface area contributed by atoms with Gasteiger partial charge in [0.25, 0.3) is 0 Å². The molecule has 20 heavy (non-hydrogen) atoms. The number of aliphatic carboxylic acids is 1. The molecular weight excluding hydrogens is 252 g/mol. The fraction of sp³-hybridized carbons (Fsp3) is 0.125. The molecule has 0 bridgehead atoms. The normalized spacial score (nSPS) is 11.3. The van der Waals surface area contributed by atoms with Gasteiger partial charge in [-0.05, 0) is 17.7 Å². The lowest BCUT2D eigenvalue weighted by Gasteiger charge is -2.16. The highest BCUT2D eigenvalue weighted by Gasteiger charge is 2.18. The Kier molecular flexibility index (Phi) is 4.35. The van der Waals surface area contributed by atoms with E-state index in [1.165, 1.54) is 0 Å². The Morgan fingerprint density at radius 1 is 1.15 bits per heavy atom. The summed E-state index contributed by atoms with van der Waals surface area (Å²) >= 11 is 0. The van der Waals surface area contributed by atoms with Crippen molar-refractivity contribution < 1.29 is 9.90 Å². The molecule has 0 amide bonds. The molecule has 1 atom stereocenters. The first kappa shape index (κ1) is 13.6. The summed E-state index contributed by atoms with van der Waals surface area (Å²) in [6.07, 6.45) is 0.357. The zero-order valence-corrected chi connectivity index (χ0v) is 10.8. The molecule has 2 aromatic rings. The number of hydrogen-bond donors (Lipinski definition) is 2. The lowest BCUT2D eigenvalue weighted by molar-refractivity contribution is -0.137. The monoisotopic (exact) mass is 266 g/mol.